The Morgan fingerprint density at radius 3 is 1.30 bits per heavy atom. The van der Waals surface area contributed by atoms with Gasteiger partial charge in [-0.05, 0) is 35.8 Å². The third kappa shape index (κ3) is 9.99. The molecular weight excluding hydrogens is 248 g/mol. The van der Waals surface area contributed by atoms with Gasteiger partial charge in [-0.1, -0.05) is 65.8 Å². The van der Waals surface area contributed by atoms with Gasteiger partial charge in [0, 0.05) is 14.2 Å². The summed E-state index contributed by atoms with van der Waals surface area (Å²) in [5.41, 5.74) is 2.94. The lowest BCUT2D eigenvalue weighted by Gasteiger charge is -2.14. The van der Waals surface area contributed by atoms with Crippen molar-refractivity contribution in [3.05, 3.63) is 35.4 Å². The number of hydrogen-bond donors (Lipinski definition) is 2. The third-order valence-electron chi connectivity index (χ3n) is 3.06. The summed E-state index contributed by atoms with van der Waals surface area (Å²) < 4.78 is 0. The highest BCUT2D eigenvalue weighted by Crippen LogP contribution is 2.24. The first-order valence-electron chi connectivity index (χ1n) is 7.68. The molecule has 0 fully saturated rings. The van der Waals surface area contributed by atoms with Crippen LogP contribution in [0.3, 0.4) is 0 Å². The van der Waals surface area contributed by atoms with Crippen LogP contribution < -0.4 is 0 Å². The fourth-order valence-corrected chi connectivity index (χ4v) is 1.91. The Kier molecular flexibility index (Phi) is 21.9. The van der Waals surface area contributed by atoms with Gasteiger partial charge in [0.2, 0.25) is 0 Å². The summed E-state index contributed by atoms with van der Waals surface area (Å²) in [6, 6.07) is 9.15. The summed E-state index contributed by atoms with van der Waals surface area (Å²) in [5, 5.41) is 14.0. The Morgan fingerprint density at radius 2 is 1.05 bits per heavy atom. The Labute approximate surface area is 126 Å². The minimum atomic E-state index is 0.644. The highest BCUT2D eigenvalue weighted by Gasteiger charge is 2.06. The van der Waals surface area contributed by atoms with Gasteiger partial charge in [-0.25, -0.2) is 0 Å². The lowest BCUT2D eigenvalue weighted by atomic mass is 9.92. The van der Waals surface area contributed by atoms with E-state index in [2.05, 4.69) is 52.0 Å². The van der Waals surface area contributed by atoms with Crippen LogP contribution in [0.1, 0.15) is 77.3 Å². The largest absolute Gasteiger partial charge is 0.400 e. The number of hydrogen-bond acceptors (Lipinski definition) is 2. The van der Waals surface area contributed by atoms with E-state index < -0.39 is 0 Å². The fraction of sp³-hybridized carbons (Fsp3) is 0.667. The molecule has 120 valence electrons. The standard InChI is InChI=1S/C14H22.C2H6.2CH4O/c1-5-12(6-2)14-9-7-13(8-10-14)11(3)4;3*1-2/h7-12H,5-6H2,1-4H3;1-2H3;2*2H,1H3. The van der Waals surface area contributed by atoms with Crippen LogP contribution in [0.5, 0.6) is 0 Å². The molecule has 0 aliphatic carbocycles. The Balaban J connectivity index is -0.000000425. The average Bonchev–Trinajstić information content (AvgIpc) is 2.55. The number of rotatable bonds is 4. The maximum absolute atomic E-state index is 7.00. The van der Waals surface area contributed by atoms with Crippen LogP contribution in [0, 0.1) is 0 Å². The van der Waals surface area contributed by atoms with Crippen LogP contribution in [0.4, 0.5) is 0 Å². The molecule has 1 rings (SSSR count). The predicted molar refractivity (Wildman–Crippen MR) is 91.5 cm³/mol. The summed E-state index contributed by atoms with van der Waals surface area (Å²) in [7, 11) is 2.00. The molecule has 0 spiro atoms. The number of benzene rings is 1. The molecule has 1 aromatic carbocycles. The number of aliphatic hydroxyl groups is 2. The first kappa shape index (κ1) is 24.2. The topological polar surface area (TPSA) is 40.5 Å². The molecule has 20 heavy (non-hydrogen) atoms. The van der Waals surface area contributed by atoms with Crippen LogP contribution >= 0.6 is 0 Å². The van der Waals surface area contributed by atoms with Crippen molar-refractivity contribution >= 4 is 0 Å². The molecule has 0 amide bonds. The molecule has 2 nitrogen and oxygen atoms in total. The molecule has 2 heteroatoms. The van der Waals surface area contributed by atoms with Gasteiger partial charge in [0.05, 0.1) is 0 Å². The van der Waals surface area contributed by atoms with E-state index in [4.69, 9.17) is 10.2 Å². The summed E-state index contributed by atoms with van der Waals surface area (Å²) in [6.45, 7) is 13.0. The van der Waals surface area contributed by atoms with Gasteiger partial charge in [-0.3, -0.25) is 0 Å². The summed E-state index contributed by atoms with van der Waals surface area (Å²) in [6.07, 6.45) is 2.50. The highest BCUT2D eigenvalue weighted by molar-refractivity contribution is 5.27. The van der Waals surface area contributed by atoms with Gasteiger partial charge >= 0.3 is 0 Å². The molecule has 0 aliphatic rings. The Bertz CT molecular complexity index is 261. The Hall–Kier alpha value is -0.860. The molecule has 1 aromatic rings. The number of aliphatic hydroxyl groups excluding tert-OH is 2. The zero-order valence-corrected chi connectivity index (χ0v) is 14.8. The third-order valence-corrected chi connectivity index (χ3v) is 3.06. The van der Waals surface area contributed by atoms with Crippen LogP contribution in [0.15, 0.2) is 24.3 Å². The van der Waals surface area contributed by atoms with Gasteiger partial charge in [-0.15, -0.1) is 0 Å². The normalized spacial score (nSPS) is 8.80. The van der Waals surface area contributed by atoms with E-state index >= 15 is 0 Å². The van der Waals surface area contributed by atoms with Gasteiger partial charge in [0.15, 0.2) is 0 Å². The van der Waals surface area contributed by atoms with E-state index in [1.165, 1.54) is 24.0 Å². The zero-order valence-electron chi connectivity index (χ0n) is 14.8. The maximum atomic E-state index is 7.00. The van der Waals surface area contributed by atoms with Crippen molar-refractivity contribution in [3.63, 3.8) is 0 Å². The highest BCUT2D eigenvalue weighted by atomic mass is 16.2. The molecule has 0 radical (unpaired) electrons. The summed E-state index contributed by atoms with van der Waals surface area (Å²) >= 11 is 0. The molecule has 0 atom stereocenters. The molecule has 0 aromatic heterocycles. The summed E-state index contributed by atoms with van der Waals surface area (Å²) in [5.74, 6) is 1.39. The molecule has 0 saturated carbocycles. The van der Waals surface area contributed by atoms with Crippen molar-refractivity contribution in [3.8, 4) is 0 Å². The van der Waals surface area contributed by atoms with Gasteiger partial charge in [0.1, 0.15) is 0 Å². The van der Waals surface area contributed by atoms with E-state index in [9.17, 15) is 0 Å². The molecule has 0 bridgehead atoms. The second-order valence-corrected chi connectivity index (χ2v) is 4.33. The molecule has 0 aliphatic heterocycles. The van der Waals surface area contributed by atoms with Gasteiger partial charge < -0.3 is 10.2 Å². The second kappa shape index (κ2) is 18.1. The fourth-order valence-electron chi connectivity index (χ4n) is 1.91. The smallest absolute Gasteiger partial charge is 0.0319 e. The van der Waals surface area contributed by atoms with Crippen LogP contribution in [-0.4, -0.2) is 24.4 Å². The molecule has 2 N–H and O–H groups in total. The monoisotopic (exact) mass is 284 g/mol. The van der Waals surface area contributed by atoms with Crippen molar-refractivity contribution in [2.45, 2.75) is 66.2 Å². The van der Waals surface area contributed by atoms with Crippen LogP contribution in [-0.2, 0) is 0 Å². The lowest BCUT2D eigenvalue weighted by Crippen LogP contribution is -1.96. The zero-order chi connectivity index (χ0) is 16.6. The predicted octanol–water partition coefficient (Wildman–Crippen LogP) is 4.96. The summed E-state index contributed by atoms with van der Waals surface area (Å²) in [4.78, 5) is 0. The van der Waals surface area contributed by atoms with Crippen molar-refractivity contribution in [1.29, 1.82) is 0 Å². The molecule has 0 saturated heterocycles. The quantitative estimate of drug-likeness (QED) is 0.820. The molecule has 0 heterocycles. The second-order valence-electron chi connectivity index (χ2n) is 4.33. The van der Waals surface area contributed by atoms with E-state index in [0.29, 0.717) is 5.92 Å². The minimum Gasteiger partial charge on any atom is -0.400 e. The first-order valence-corrected chi connectivity index (χ1v) is 7.68. The SMILES string of the molecule is CC.CCC(CC)c1ccc(C(C)C)cc1.CO.CO. The van der Waals surface area contributed by atoms with E-state index in [1.807, 2.05) is 13.8 Å². The van der Waals surface area contributed by atoms with Gasteiger partial charge in [0.25, 0.3) is 0 Å². The lowest BCUT2D eigenvalue weighted by molar-refractivity contribution is 0.399. The van der Waals surface area contributed by atoms with Crippen molar-refractivity contribution < 1.29 is 10.2 Å². The van der Waals surface area contributed by atoms with Crippen LogP contribution in [0.2, 0.25) is 0 Å². The first-order chi connectivity index (χ1) is 9.69. The van der Waals surface area contributed by atoms with Crippen molar-refractivity contribution in [1.82, 2.24) is 0 Å². The average molecular weight is 284 g/mol. The van der Waals surface area contributed by atoms with E-state index in [1.54, 1.807) is 0 Å². The van der Waals surface area contributed by atoms with Crippen molar-refractivity contribution in [2.75, 3.05) is 14.2 Å². The molecular formula is C18H36O2. The van der Waals surface area contributed by atoms with E-state index in [0.717, 1.165) is 20.1 Å². The minimum absolute atomic E-state index is 0.644. The van der Waals surface area contributed by atoms with Gasteiger partial charge in [-0.2, -0.15) is 0 Å². The van der Waals surface area contributed by atoms with E-state index in [-0.39, 0.29) is 0 Å². The molecule has 0 unspecified atom stereocenters. The van der Waals surface area contributed by atoms with Crippen LogP contribution in [0.25, 0.3) is 0 Å². The Morgan fingerprint density at radius 1 is 0.750 bits per heavy atom. The maximum Gasteiger partial charge on any atom is 0.0319 e. The van der Waals surface area contributed by atoms with Crippen molar-refractivity contribution in [2.24, 2.45) is 0 Å².